The lowest BCUT2D eigenvalue weighted by Crippen LogP contribution is -2.53. The van der Waals surface area contributed by atoms with Gasteiger partial charge in [0, 0.05) is 55.4 Å². The first kappa shape index (κ1) is 18.9. The second-order valence-electron chi connectivity index (χ2n) is 7.36. The number of aromatic nitrogens is 2. The normalized spacial score (nSPS) is 18.1. The van der Waals surface area contributed by atoms with E-state index < -0.39 is 0 Å². The van der Waals surface area contributed by atoms with Gasteiger partial charge in [0.15, 0.2) is 5.13 Å². The van der Waals surface area contributed by atoms with Crippen LogP contribution in [0.3, 0.4) is 0 Å². The second-order valence-corrected chi connectivity index (χ2v) is 8.22. The highest BCUT2D eigenvalue weighted by molar-refractivity contribution is 7.14. The van der Waals surface area contributed by atoms with Crippen molar-refractivity contribution in [2.24, 2.45) is 5.92 Å². The van der Waals surface area contributed by atoms with E-state index in [4.69, 9.17) is 0 Å². The lowest BCUT2D eigenvalue weighted by molar-refractivity contribution is -0.138. The molecule has 1 N–H and O–H groups in total. The minimum atomic E-state index is -0.156. The van der Waals surface area contributed by atoms with Crippen LogP contribution in [-0.4, -0.2) is 57.9 Å². The van der Waals surface area contributed by atoms with Crippen molar-refractivity contribution in [3.8, 4) is 11.3 Å². The summed E-state index contributed by atoms with van der Waals surface area (Å²) in [7, 11) is 0. The number of pyridine rings is 1. The van der Waals surface area contributed by atoms with E-state index in [-0.39, 0.29) is 17.9 Å². The van der Waals surface area contributed by atoms with Crippen molar-refractivity contribution in [2.45, 2.75) is 32.1 Å². The Morgan fingerprint density at radius 1 is 1.07 bits per heavy atom. The van der Waals surface area contributed by atoms with Gasteiger partial charge in [-0.3, -0.25) is 15.1 Å². The van der Waals surface area contributed by atoms with Gasteiger partial charge < -0.3 is 9.80 Å². The van der Waals surface area contributed by atoms with Crippen LogP contribution in [0.5, 0.6) is 0 Å². The second kappa shape index (κ2) is 8.68. The van der Waals surface area contributed by atoms with E-state index >= 15 is 0 Å². The molecule has 3 amide bonds. The SMILES string of the molecule is O=C(Nc1nc(-c2cccnc2)cs1)N1CCN(C(=O)C2CCCCC2)CC1. The van der Waals surface area contributed by atoms with E-state index in [0.717, 1.165) is 36.9 Å². The van der Waals surface area contributed by atoms with Gasteiger partial charge in [0.1, 0.15) is 0 Å². The lowest BCUT2D eigenvalue weighted by atomic mass is 9.88. The number of hydrogen-bond acceptors (Lipinski definition) is 5. The highest BCUT2D eigenvalue weighted by Crippen LogP contribution is 2.26. The molecule has 0 spiro atoms. The molecule has 2 aromatic heterocycles. The summed E-state index contributed by atoms with van der Waals surface area (Å²) in [6, 6.07) is 3.65. The third-order valence-electron chi connectivity index (χ3n) is 5.51. The van der Waals surface area contributed by atoms with E-state index in [1.165, 1.54) is 17.8 Å². The fraction of sp³-hybridized carbons (Fsp3) is 0.500. The maximum atomic E-state index is 12.7. The summed E-state index contributed by atoms with van der Waals surface area (Å²) in [4.78, 5) is 37.5. The van der Waals surface area contributed by atoms with Gasteiger partial charge in [-0.1, -0.05) is 19.3 Å². The summed E-state index contributed by atoms with van der Waals surface area (Å²) in [5, 5.41) is 5.36. The number of rotatable bonds is 3. The molecule has 148 valence electrons. The smallest absolute Gasteiger partial charge is 0.323 e. The molecule has 4 rings (SSSR count). The Kier molecular flexibility index (Phi) is 5.85. The lowest BCUT2D eigenvalue weighted by Gasteiger charge is -2.37. The fourth-order valence-corrected chi connectivity index (χ4v) is 4.60. The Balaban J connectivity index is 1.28. The van der Waals surface area contributed by atoms with Crippen LogP contribution in [0.4, 0.5) is 9.93 Å². The van der Waals surface area contributed by atoms with Gasteiger partial charge in [-0.05, 0) is 25.0 Å². The monoisotopic (exact) mass is 399 g/mol. The van der Waals surface area contributed by atoms with Crippen molar-refractivity contribution in [3.63, 3.8) is 0 Å². The molecular formula is C20H25N5O2S. The summed E-state index contributed by atoms with van der Waals surface area (Å²) >= 11 is 1.40. The van der Waals surface area contributed by atoms with Crippen LogP contribution >= 0.6 is 11.3 Å². The summed E-state index contributed by atoms with van der Waals surface area (Å²) in [6.07, 6.45) is 9.07. The van der Waals surface area contributed by atoms with Crippen LogP contribution in [0, 0.1) is 5.92 Å². The molecular weight excluding hydrogens is 374 g/mol. The van der Waals surface area contributed by atoms with Gasteiger partial charge in [-0.25, -0.2) is 9.78 Å². The number of nitrogens with one attached hydrogen (secondary N) is 1. The van der Waals surface area contributed by atoms with Crippen LogP contribution in [0.15, 0.2) is 29.9 Å². The van der Waals surface area contributed by atoms with Crippen molar-refractivity contribution in [1.29, 1.82) is 0 Å². The topological polar surface area (TPSA) is 78.4 Å². The molecule has 1 saturated heterocycles. The minimum absolute atomic E-state index is 0.156. The first-order chi connectivity index (χ1) is 13.7. The number of carbonyl (C=O) groups excluding carboxylic acids is 2. The van der Waals surface area contributed by atoms with E-state index in [9.17, 15) is 9.59 Å². The zero-order chi connectivity index (χ0) is 19.3. The largest absolute Gasteiger partial charge is 0.339 e. The average molecular weight is 400 g/mol. The molecule has 1 aliphatic heterocycles. The number of nitrogens with zero attached hydrogens (tertiary/aromatic N) is 4. The number of hydrogen-bond donors (Lipinski definition) is 1. The van der Waals surface area contributed by atoms with Gasteiger partial charge in [-0.15, -0.1) is 11.3 Å². The van der Waals surface area contributed by atoms with Crippen molar-refractivity contribution < 1.29 is 9.59 Å². The maximum absolute atomic E-state index is 12.7. The molecule has 1 aliphatic carbocycles. The molecule has 0 unspecified atom stereocenters. The molecule has 0 atom stereocenters. The molecule has 2 fully saturated rings. The maximum Gasteiger partial charge on any atom is 0.323 e. The van der Waals surface area contributed by atoms with E-state index in [1.54, 1.807) is 17.3 Å². The molecule has 0 bridgehead atoms. The van der Waals surface area contributed by atoms with Gasteiger partial charge >= 0.3 is 6.03 Å². The van der Waals surface area contributed by atoms with Crippen LogP contribution in [0.2, 0.25) is 0 Å². The summed E-state index contributed by atoms with van der Waals surface area (Å²) < 4.78 is 0. The summed E-state index contributed by atoms with van der Waals surface area (Å²) in [5.41, 5.74) is 1.73. The fourth-order valence-electron chi connectivity index (χ4n) is 3.89. The third kappa shape index (κ3) is 4.32. The quantitative estimate of drug-likeness (QED) is 0.857. The van der Waals surface area contributed by atoms with Crippen molar-refractivity contribution in [1.82, 2.24) is 19.8 Å². The van der Waals surface area contributed by atoms with Crippen molar-refractivity contribution >= 4 is 28.4 Å². The average Bonchev–Trinajstić information content (AvgIpc) is 3.23. The zero-order valence-corrected chi connectivity index (χ0v) is 16.7. The summed E-state index contributed by atoms with van der Waals surface area (Å²) in [6.45, 7) is 2.35. The highest BCUT2D eigenvalue weighted by Gasteiger charge is 2.29. The predicted octanol–water partition coefficient (Wildman–Crippen LogP) is 3.46. The van der Waals surface area contributed by atoms with E-state index in [2.05, 4.69) is 15.3 Å². The molecule has 0 aromatic carbocycles. The number of anilines is 1. The Morgan fingerprint density at radius 2 is 1.82 bits per heavy atom. The standard InChI is InChI=1S/C20H25N5O2S/c26-18(15-5-2-1-3-6-15)24-9-11-25(12-10-24)20(27)23-19-22-17(14-28-19)16-7-4-8-21-13-16/h4,7-8,13-15H,1-3,5-6,9-12H2,(H,22,23,27). The molecule has 3 heterocycles. The van der Waals surface area contributed by atoms with E-state index in [0.29, 0.717) is 31.3 Å². The molecule has 8 heteroatoms. The number of thiazole rings is 1. The number of amides is 3. The number of urea groups is 1. The van der Waals surface area contributed by atoms with Crippen molar-refractivity contribution in [2.75, 3.05) is 31.5 Å². The Hall–Kier alpha value is -2.48. The zero-order valence-electron chi connectivity index (χ0n) is 15.8. The van der Waals surface area contributed by atoms with Gasteiger partial charge in [0.05, 0.1) is 5.69 Å². The first-order valence-electron chi connectivity index (χ1n) is 9.91. The number of carbonyl (C=O) groups is 2. The molecule has 2 aromatic rings. The van der Waals surface area contributed by atoms with E-state index in [1.807, 2.05) is 22.4 Å². The van der Waals surface area contributed by atoms with Crippen molar-refractivity contribution in [3.05, 3.63) is 29.9 Å². The van der Waals surface area contributed by atoms with Gasteiger partial charge in [0.25, 0.3) is 0 Å². The minimum Gasteiger partial charge on any atom is -0.339 e. The Labute approximate surface area is 168 Å². The Morgan fingerprint density at radius 3 is 2.54 bits per heavy atom. The third-order valence-corrected chi connectivity index (χ3v) is 6.27. The summed E-state index contributed by atoms with van der Waals surface area (Å²) in [5.74, 6) is 0.469. The Bertz CT molecular complexity index is 811. The first-order valence-corrected chi connectivity index (χ1v) is 10.8. The van der Waals surface area contributed by atoms with Crippen LogP contribution < -0.4 is 5.32 Å². The molecule has 2 aliphatic rings. The molecule has 1 saturated carbocycles. The van der Waals surface area contributed by atoms with Crippen LogP contribution in [0.1, 0.15) is 32.1 Å². The van der Waals surface area contributed by atoms with Gasteiger partial charge in [0.2, 0.25) is 5.91 Å². The van der Waals surface area contributed by atoms with Crippen LogP contribution in [-0.2, 0) is 4.79 Å². The predicted molar refractivity (Wildman–Crippen MR) is 109 cm³/mol. The molecule has 0 radical (unpaired) electrons. The van der Waals surface area contributed by atoms with Gasteiger partial charge in [-0.2, -0.15) is 0 Å². The molecule has 7 nitrogen and oxygen atoms in total. The highest BCUT2D eigenvalue weighted by atomic mass is 32.1. The van der Waals surface area contributed by atoms with Crippen LogP contribution in [0.25, 0.3) is 11.3 Å². The molecule has 28 heavy (non-hydrogen) atoms. The number of piperazine rings is 1.